The summed E-state index contributed by atoms with van der Waals surface area (Å²) in [7, 11) is 1.56. The van der Waals surface area contributed by atoms with Crippen LogP contribution in [0.3, 0.4) is 0 Å². The molecule has 2 aromatic carbocycles. The Morgan fingerprint density at radius 2 is 1.88 bits per heavy atom. The molecule has 5 nitrogen and oxygen atoms in total. The lowest BCUT2D eigenvalue weighted by molar-refractivity contribution is -0.116. The lowest BCUT2D eigenvalue weighted by atomic mass is 10.1. The summed E-state index contributed by atoms with van der Waals surface area (Å²) in [5, 5.41) is 2.82. The predicted molar refractivity (Wildman–Crippen MR) is 104 cm³/mol. The van der Waals surface area contributed by atoms with Crippen molar-refractivity contribution < 1.29 is 14.3 Å². The molecule has 3 N–H and O–H groups in total. The fourth-order valence-electron chi connectivity index (χ4n) is 2.26. The Kier molecular flexibility index (Phi) is 8.08. The zero-order valence-electron chi connectivity index (χ0n) is 14.8. The van der Waals surface area contributed by atoms with E-state index in [0.29, 0.717) is 36.6 Å². The summed E-state index contributed by atoms with van der Waals surface area (Å²) >= 11 is 0. The van der Waals surface area contributed by atoms with Gasteiger partial charge in [-0.05, 0) is 61.7 Å². The van der Waals surface area contributed by atoms with E-state index in [-0.39, 0.29) is 18.3 Å². The second-order valence-electron chi connectivity index (χ2n) is 5.70. The lowest BCUT2D eigenvalue weighted by Gasteiger charge is -2.10. The van der Waals surface area contributed by atoms with E-state index >= 15 is 0 Å². The Morgan fingerprint density at radius 1 is 1.12 bits per heavy atom. The smallest absolute Gasteiger partial charge is 0.224 e. The van der Waals surface area contributed by atoms with Crippen LogP contribution in [0.5, 0.6) is 11.5 Å². The number of nitrogen functional groups attached to an aromatic ring is 1. The van der Waals surface area contributed by atoms with Gasteiger partial charge in [0.25, 0.3) is 0 Å². The quantitative estimate of drug-likeness (QED) is 0.572. The molecule has 0 atom stereocenters. The first kappa shape index (κ1) is 20.6. The summed E-state index contributed by atoms with van der Waals surface area (Å²) in [4.78, 5) is 11.9. The molecule has 0 aliphatic rings. The molecule has 0 aliphatic carbocycles. The molecule has 0 aromatic heterocycles. The molecule has 0 heterocycles. The van der Waals surface area contributed by atoms with E-state index in [9.17, 15) is 4.79 Å². The summed E-state index contributed by atoms with van der Waals surface area (Å²) in [6, 6.07) is 11.2. The first-order valence-corrected chi connectivity index (χ1v) is 7.93. The summed E-state index contributed by atoms with van der Waals surface area (Å²) in [6.45, 7) is 4.62. The van der Waals surface area contributed by atoms with Crippen LogP contribution >= 0.6 is 12.4 Å². The number of carbonyl (C=O) groups excluding carboxylic acids is 1. The van der Waals surface area contributed by atoms with Gasteiger partial charge in [0.15, 0.2) is 0 Å². The molecule has 136 valence electrons. The average molecular weight is 365 g/mol. The minimum absolute atomic E-state index is 0. The van der Waals surface area contributed by atoms with Crippen molar-refractivity contribution >= 4 is 29.7 Å². The average Bonchev–Trinajstić information content (AvgIpc) is 2.55. The number of nitrogens with one attached hydrogen (secondary N) is 1. The van der Waals surface area contributed by atoms with Gasteiger partial charge >= 0.3 is 0 Å². The van der Waals surface area contributed by atoms with Crippen molar-refractivity contribution in [2.45, 2.75) is 26.7 Å². The summed E-state index contributed by atoms with van der Waals surface area (Å²) in [5.41, 5.74) is 9.41. The van der Waals surface area contributed by atoms with E-state index in [1.165, 1.54) is 11.1 Å². The molecule has 0 radical (unpaired) electrons. The molecular weight excluding hydrogens is 340 g/mol. The number of nitrogens with two attached hydrogens (primary N) is 1. The van der Waals surface area contributed by atoms with Crippen LogP contribution in [0.1, 0.15) is 24.0 Å². The van der Waals surface area contributed by atoms with Crippen LogP contribution in [0.25, 0.3) is 0 Å². The highest BCUT2D eigenvalue weighted by atomic mass is 35.5. The summed E-state index contributed by atoms with van der Waals surface area (Å²) in [6.07, 6.45) is 1.03. The summed E-state index contributed by atoms with van der Waals surface area (Å²) in [5.74, 6) is 1.36. The van der Waals surface area contributed by atoms with Crippen molar-refractivity contribution in [2.75, 3.05) is 24.8 Å². The number of aryl methyl sites for hydroxylation is 2. The molecular formula is C19H25ClN2O3. The second-order valence-corrected chi connectivity index (χ2v) is 5.70. The third-order valence-corrected chi connectivity index (χ3v) is 3.81. The van der Waals surface area contributed by atoms with Gasteiger partial charge in [0.2, 0.25) is 5.91 Å². The van der Waals surface area contributed by atoms with Gasteiger partial charge in [-0.25, -0.2) is 0 Å². The maximum absolute atomic E-state index is 11.9. The van der Waals surface area contributed by atoms with Crippen LogP contribution in [0.4, 0.5) is 11.4 Å². The number of amides is 1. The highest BCUT2D eigenvalue weighted by molar-refractivity contribution is 5.91. The topological polar surface area (TPSA) is 73.6 Å². The molecule has 1 amide bonds. The third kappa shape index (κ3) is 6.19. The van der Waals surface area contributed by atoms with Crippen LogP contribution in [-0.2, 0) is 4.79 Å². The highest BCUT2D eigenvalue weighted by Gasteiger charge is 2.05. The van der Waals surface area contributed by atoms with Crippen molar-refractivity contribution in [1.82, 2.24) is 0 Å². The first-order valence-electron chi connectivity index (χ1n) is 7.93. The Labute approximate surface area is 154 Å². The Bertz CT molecular complexity index is 720. The molecule has 0 bridgehead atoms. The van der Waals surface area contributed by atoms with Crippen molar-refractivity contribution in [2.24, 2.45) is 0 Å². The molecule has 0 fully saturated rings. The molecule has 0 saturated carbocycles. The van der Waals surface area contributed by atoms with Crippen LogP contribution in [-0.4, -0.2) is 19.6 Å². The monoisotopic (exact) mass is 364 g/mol. The van der Waals surface area contributed by atoms with Gasteiger partial charge in [-0.1, -0.05) is 6.07 Å². The molecule has 0 aliphatic heterocycles. The molecule has 0 unspecified atom stereocenters. The zero-order chi connectivity index (χ0) is 17.5. The van der Waals surface area contributed by atoms with Crippen LogP contribution in [0.2, 0.25) is 0 Å². The van der Waals surface area contributed by atoms with Gasteiger partial charge in [0, 0.05) is 12.1 Å². The van der Waals surface area contributed by atoms with Gasteiger partial charge in [0.05, 0.1) is 19.4 Å². The minimum atomic E-state index is -0.0664. The number of rotatable bonds is 7. The number of ether oxygens (including phenoxy) is 2. The number of hydrogen-bond acceptors (Lipinski definition) is 4. The van der Waals surface area contributed by atoms with Crippen molar-refractivity contribution in [1.29, 1.82) is 0 Å². The van der Waals surface area contributed by atoms with Crippen LogP contribution < -0.4 is 20.5 Å². The van der Waals surface area contributed by atoms with E-state index in [1.54, 1.807) is 25.3 Å². The SMILES string of the molecule is COc1ccc(NC(=O)CCCOc2ccc(C)c(C)c2)cc1N.Cl. The van der Waals surface area contributed by atoms with Gasteiger partial charge in [-0.2, -0.15) is 0 Å². The summed E-state index contributed by atoms with van der Waals surface area (Å²) < 4.78 is 10.8. The fourth-order valence-corrected chi connectivity index (χ4v) is 2.26. The number of hydrogen-bond donors (Lipinski definition) is 2. The number of methoxy groups -OCH3 is 1. The second kappa shape index (κ2) is 9.79. The maximum Gasteiger partial charge on any atom is 0.224 e. The largest absolute Gasteiger partial charge is 0.495 e. The predicted octanol–water partition coefficient (Wildman–Crippen LogP) is 4.11. The maximum atomic E-state index is 11.9. The molecule has 25 heavy (non-hydrogen) atoms. The van der Waals surface area contributed by atoms with Gasteiger partial charge in [-0.3, -0.25) is 4.79 Å². The van der Waals surface area contributed by atoms with Crippen molar-refractivity contribution in [3.8, 4) is 11.5 Å². The van der Waals surface area contributed by atoms with E-state index in [0.717, 1.165) is 5.75 Å². The third-order valence-electron chi connectivity index (χ3n) is 3.81. The lowest BCUT2D eigenvalue weighted by Crippen LogP contribution is -2.13. The van der Waals surface area contributed by atoms with Gasteiger partial charge in [0.1, 0.15) is 11.5 Å². The zero-order valence-corrected chi connectivity index (χ0v) is 15.6. The van der Waals surface area contributed by atoms with E-state index in [4.69, 9.17) is 15.2 Å². The van der Waals surface area contributed by atoms with Gasteiger partial charge in [-0.15, -0.1) is 12.4 Å². The fraction of sp³-hybridized carbons (Fsp3) is 0.316. The van der Waals surface area contributed by atoms with Crippen LogP contribution in [0, 0.1) is 13.8 Å². The Balaban J connectivity index is 0.00000312. The van der Waals surface area contributed by atoms with Crippen LogP contribution in [0.15, 0.2) is 36.4 Å². The molecule has 0 saturated heterocycles. The highest BCUT2D eigenvalue weighted by Crippen LogP contribution is 2.24. The number of halogens is 1. The minimum Gasteiger partial charge on any atom is -0.495 e. The number of carbonyl (C=O) groups is 1. The van der Waals surface area contributed by atoms with E-state index in [2.05, 4.69) is 19.2 Å². The Hall–Kier alpha value is -2.40. The molecule has 2 rings (SSSR count). The standard InChI is InChI=1S/C19H24N2O3.ClH/c1-13-6-8-16(11-14(13)2)24-10-4-5-19(22)21-15-7-9-18(23-3)17(20)12-15;/h6-9,11-12H,4-5,10,20H2,1-3H3,(H,21,22);1H. The number of anilines is 2. The molecule has 2 aromatic rings. The normalized spacial score (nSPS) is 9.88. The number of benzene rings is 2. The van der Waals surface area contributed by atoms with Crippen molar-refractivity contribution in [3.05, 3.63) is 47.5 Å². The Morgan fingerprint density at radius 3 is 2.52 bits per heavy atom. The molecule has 6 heteroatoms. The first-order chi connectivity index (χ1) is 11.5. The van der Waals surface area contributed by atoms with Crippen molar-refractivity contribution in [3.63, 3.8) is 0 Å². The van der Waals surface area contributed by atoms with E-state index in [1.807, 2.05) is 18.2 Å². The van der Waals surface area contributed by atoms with E-state index < -0.39 is 0 Å². The van der Waals surface area contributed by atoms with Gasteiger partial charge < -0.3 is 20.5 Å². The molecule has 0 spiro atoms.